The number of carbonyl (C=O) groups is 3. The van der Waals surface area contributed by atoms with Gasteiger partial charge in [-0.3, -0.25) is 14.5 Å². The van der Waals surface area contributed by atoms with Crippen LogP contribution in [0.25, 0.3) is 6.08 Å². The van der Waals surface area contributed by atoms with E-state index in [0.717, 1.165) is 16.7 Å². The molecule has 0 spiro atoms. The van der Waals surface area contributed by atoms with Crippen molar-refractivity contribution in [3.8, 4) is 11.5 Å². The lowest BCUT2D eigenvalue weighted by Gasteiger charge is -2.21. The fourth-order valence-corrected chi connectivity index (χ4v) is 3.86. The maximum absolute atomic E-state index is 12.7. The van der Waals surface area contributed by atoms with E-state index in [2.05, 4.69) is 0 Å². The molecule has 0 aliphatic carbocycles. The van der Waals surface area contributed by atoms with Crippen LogP contribution in [0.5, 0.6) is 11.5 Å². The van der Waals surface area contributed by atoms with E-state index in [-0.39, 0.29) is 9.23 Å². The average Bonchev–Trinajstić information content (AvgIpc) is 2.91. The molecule has 1 fully saturated rings. The van der Waals surface area contributed by atoms with Gasteiger partial charge in [-0.05, 0) is 29.7 Å². The van der Waals surface area contributed by atoms with Crippen LogP contribution >= 0.6 is 24.0 Å². The van der Waals surface area contributed by atoms with Gasteiger partial charge >= 0.3 is 11.9 Å². The number of benzene rings is 1. The Labute approximate surface area is 177 Å². The molecule has 2 rings (SSSR count). The van der Waals surface area contributed by atoms with Gasteiger partial charge in [-0.2, -0.15) is 0 Å². The average molecular weight is 440 g/mol. The minimum absolute atomic E-state index is 0.00116. The Balaban J connectivity index is 2.28. The highest BCUT2D eigenvalue weighted by molar-refractivity contribution is 8.26. The number of aliphatic carboxylic acids is 2. The van der Waals surface area contributed by atoms with Crippen LogP contribution in [-0.4, -0.2) is 57.0 Å². The largest absolute Gasteiger partial charge is 0.493 e. The quantitative estimate of drug-likeness (QED) is 0.443. The number of carboxylic acid groups (broad SMARTS) is 2. The van der Waals surface area contributed by atoms with Gasteiger partial charge in [0.1, 0.15) is 10.4 Å². The van der Waals surface area contributed by atoms with Crippen molar-refractivity contribution in [2.75, 3.05) is 13.7 Å². The maximum atomic E-state index is 12.7. The third-order valence-electron chi connectivity index (χ3n) is 3.85. The summed E-state index contributed by atoms with van der Waals surface area (Å²) in [5, 5.41) is 18.2. The molecule has 1 heterocycles. The SMILES string of the molecule is COc1cc(/C=C2\SC(=S)N(C(CC(=O)O)C(=O)O)C2=O)ccc1OCC(C)C. The van der Waals surface area contributed by atoms with Crippen LogP contribution in [0.4, 0.5) is 0 Å². The molecule has 1 atom stereocenters. The Bertz CT molecular complexity index is 866. The first kappa shape index (κ1) is 22.7. The van der Waals surface area contributed by atoms with E-state index in [1.165, 1.54) is 7.11 Å². The zero-order valence-corrected chi connectivity index (χ0v) is 17.7. The molecule has 1 unspecified atom stereocenters. The Morgan fingerprint density at radius 2 is 1.97 bits per heavy atom. The number of thioether (sulfide) groups is 1. The van der Waals surface area contributed by atoms with E-state index in [4.69, 9.17) is 26.8 Å². The first-order valence-electron chi connectivity index (χ1n) is 8.66. The highest BCUT2D eigenvalue weighted by atomic mass is 32.2. The number of methoxy groups -OCH3 is 1. The second-order valence-electron chi connectivity index (χ2n) is 6.62. The second kappa shape index (κ2) is 9.75. The number of rotatable bonds is 9. The lowest BCUT2D eigenvalue weighted by molar-refractivity contribution is -0.150. The third kappa shape index (κ3) is 5.70. The summed E-state index contributed by atoms with van der Waals surface area (Å²) in [7, 11) is 1.50. The molecule has 0 saturated carbocycles. The standard InChI is InChI=1S/C19H21NO7S2/c1-10(2)9-27-13-5-4-11(6-14(13)26-3)7-15-17(23)20(19(28)29-15)12(18(24)25)8-16(21)22/h4-7,10,12H,8-9H2,1-3H3,(H,21,22)(H,24,25)/b15-7-. The number of nitrogens with zero attached hydrogens (tertiary/aromatic N) is 1. The molecule has 156 valence electrons. The Morgan fingerprint density at radius 1 is 1.28 bits per heavy atom. The summed E-state index contributed by atoms with van der Waals surface area (Å²) in [5.41, 5.74) is 0.629. The molecule has 29 heavy (non-hydrogen) atoms. The number of carbonyl (C=O) groups excluding carboxylic acids is 1. The van der Waals surface area contributed by atoms with Crippen LogP contribution in [0, 0.1) is 5.92 Å². The second-order valence-corrected chi connectivity index (χ2v) is 8.29. The highest BCUT2D eigenvalue weighted by Gasteiger charge is 2.41. The first-order valence-corrected chi connectivity index (χ1v) is 9.89. The fraction of sp³-hybridized carbons (Fsp3) is 0.368. The van der Waals surface area contributed by atoms with Crippen molar-refractivity contribution in [3.63, 3.8) is 0 Å². The summed E-state index contributed by atoms with van der Waals surface area (Å²) < 4.78 is 11.0. The lowest BCUT2D eigenvalue weighted by Crippen LogP contribution is -2.45. The van der Waals surface area contributed by atoms with Crippen LogP contribution in [0.3, 0.4) is 0 Å². The summed E-state index contributed by atoms with van der Waals surface area (Å²) in [5.74, 6) is -2.01. The van der Waals surface area contributed by atoms with Crippen LogP contribution in [0.2, 0.25) is 0 Å². The number of hydrogen-bond acceptors (Lipinski definition) is 7. The van der Waals surface area contributed by atoms with Crippen LogP contribution < -0.4 is 9.47 Å². The van der Waals surface area contributed by atoms with Crippen molar-refractivity contribution >= 4 is 52.2 Å². The molecule has 1 aliphatic heterocycles. The summed E-state index contributed by atoms with van der Waals surface area (Å²) in [6.07, 6.45) is 0.804. The minimum atomic E-state index is -1.56. The number of carboxylic acids is 2. The molecule has 0 aromatic heterocycles. The van der Waals surface area contributed by atoms with E-state index < -0.39 is 30.3 Å². The van der Waals surface area contributed by atoms with E-state index in [0.29, 0.717) is 29.6 Å². The molecule has 1 aromatic rings. The zero-order valence-electron chi connectivity index (χ0n) is 16.1. The minimum Gasteiger partial charge on any atom is -0.493 e. The first-order chi connectivity index (χ1) is 13.6. The molecule has 0 radical (unpaired) electrons. The van der Waals surface area contributed by atoms with E-state index in [1.54, 1.807) is 24.3 Å². The highest BCUT2D eigenvalue weighted by Crippen LogP contribution is 2.36. The molecule has 1 aromatic carbocycles. The summed E-state index contributed by atoms with van der Waals surface area (Å²) >= 11 is 6.04. The number of thiocarbonyl (C=S) groups is 1. The molecule has 1 aliphatic rings. The molecular weight excluding hydrogens is 418 g/mol. The topological polar surface area (TPSA) is 113 Å². The number of amides is 1. The fourth-order valence-electron chi connectivity index (χ4n) is 2.50. The van der Waals surface area contributed by atoms with Gasteiger partial charge in [-0.1, -0.05) is 43.9 Å². The Morgan fingerprint density at radius 3 is 2.52 bits per heavy atom. The van der Waals surface area contributed by atoms with Gasteiger partial charge in [-0.15, -0.1) is 0 Å². The van der Waals surface area contributed by atoms with Crippen molar-refractivity contribution in [1.82, 2.24) is 4.90 Å². The van der Waals surface area contributed by atoms with E-state index >= 15 is 0 Å². The van der Waals surface area contributed by atoms with Gasteiger partial charge in [0.2, 0.25) is 0 Å². The normalized spacial score (nSPS) is 16.4. The van der Waals surface area contributed by atoms with Crippen LogP contribution in [-0.2, 0) is 14.4 Å². The molecule has 10 heteroatoms. The van der Waals surface area contributed by atoms with Gasteiger partial charge in [0.05, 0.1) is 25.0 Å². The van der Waals surface area contributed by atoms with Gasteiger partial charge in [0.25, 0.3) is 5.91 Å². The molecule has 0 bridgehead atoms. The number of ether oxygens (including phenoxy) is 2. The summed E-state index contributed by atoms with van der Waals surface area (Å²) in [4.78, 5) is 36.1. The smallest absolute Gasteiger partial charge is 0.327 e. The Hall–Kier alpha value is -2.59. The summed E-state index contributed by atoms with van der Waals surface area (Å²) in [6.45, 7) is 4.57. The maximum Gasteiger partial charge on any atom is 0.327 e. The van der Waals surface area contributed by atoms with Gasteiger partial charge in [0.15, 0.2) is 11.5 Å². The Kier molecular flexibility index (Phi) is 7.63. The molecule has 8 nitrogen and oxygen atoms in total. The van der Waals surface area contributed by atoms with E-state index in [1.807, 2.05) is 13.8 Å². The van der Waals surface area contributed by atoms with Crippen molar-refractivity contribution in [3.05, 3.63) is 28.7 Å². The van der Waals surface area contributed by atoms with Gasteiger partial charge in [-0.25, -0.2) is 4.79 Å². The molecule has 2 N–H and O–H groups in total. The molecule has 1 amide bonds. The predicted molar refractivity (Wildman–Crippen MR) is 112 cm³/mol. The van der Waals surface area contributed by atoms with Gasteiger partial charge < -0.3 is 19.7 Å². The monoisotopic (exact) mass is 439 g/mol. The molecule has 1 saturated heterocycles. The summed E-state index contributed by atoms with van der Waals surface area (Å²) in [6, 6.07) is 3.58. The van der Waals surface area contributed by atoms with Crippen molar-refractivity contribution in [2.45, 2.75) is 26.3 Å². The van der Waals surface area contributed by atoms with Crippen molar-refractivity contribution in [2.24, 2.45) is 5.92 Å². The van der Waals surface area contributed by atoms with Crippen molar-refractivity contribution in [1.29, 1.82) is 0 Å². The predicted octanol–water partition coefficient (Wildman–Crippen LogP) is 2.86. The van der Waals surface area contributed by atoms with Gasteiger partial charge in [0, 0.05) is 0 Å². The third-order valence-corrected chi connectivity index (χ3v) is 5.18. The van der Waals surface area contributed by atoms with Crippen LogP contribution in [0.15, 0.2) is 23.1 Å². The zero-order chi connectivity index (χ0) is 21.7. The lowest BCUT2D eigenvalue weighted by atomic mass is 10.1. The number of hydrogen-bond donors (Lipinski definition) is 2. The van der Waals surface area contributed by atoms with Crippen LogP contribution in [0.1, 0.15) is 25.8 Å². The molecular formula is C19H21NO7S2. The van der Waals surface area contributed by atoms with E-state index in [9.17, 15) is 19.5 Å². The van der Waals surface area contributed by atoms with Crippen molar-refractivity contribution < 1.29 is 34.1 Å².